The van der Waals surface area contributed by atoms with Gasteiger partial charge in [-0.1, -0.05) is 26.0 Å². The molecule has 4 nitrogen and oxygen atoms in total. The summed E-state index contributed by atoms with van der Waals surface area (Å²) in [5.74, 6) is 0.0700. The van der Waals surface area contributed by atoms with Crippen molar-refractivity contribution in [1.29, 1.82) is 0 Å². The Morgan fingerprint density at radius 2 is 2.05 bits per heavy atom. The smallest absolute Gasteiger partial charge is 0.256 e. The van der Waals surface area contributed by atoms with Crippen LogP contribution in [0.15, 0.2) is 24.3 Å². The van der Waals surface area contributed by atoms with E-state index in [1.54, 1.807) is 7.11 Å². The quantitative estimate of drug-likeness (QED) is 0.758. The first-order valence-corrected chi connectivity index (χ1v) is 7.78. The van der Waals surface area contributed by atoms with Gasteiger partial charge in [0.1, 0.15) is 0 Å². The first kappa shape index (κ1) is 17.5. The second kappa shape index (κ2) is 9.40. The van der Waals surface area contributed by atoms with Gasteiger partial charge in [0.25, 0.3) is 5.91 Å². The van der Waals surface area contributed by atoms with Gasteiger partial charge >= 0.3 is 0 Å². The molecule has 0 aliphatic heterocycles. The van der Waals surface area contributed by atoms with Crippen LogP contribution in [-0.4, -0.2) is 43.7 Å². The molecule has 1 rings (SSSR count). The van der Waals surface area contributed by atoms with Crippen molar-refractivity contribution >= 4 is 11.6 Å². The van der Waals surface area contributed by atoms with E-state index >= 15 is 0 Å². The molecule has 0 aliphatic rings. The molecule has 0 aromatic heterocycles. The van der Waals surface area contributed by atoms with Gasteiger partial charge in [-0.05, 0) is 31.9 Å². The SMILES string of the molecule is CCCNc1ccccc1C(=O)N(CCOC)C(C)CC. The Kier molecular flexibility index (Phi) is 7.83. The van der Waals surface area contributed by atoms with E-state index in [0.29, 0.717) is 13.2 Å². The van der Waals surface area contributed by atoms with Crippen LogP contribution in [0.1, 0.15) is 44.0 Å². The number of benzene rings is 1. The summed E-state index contributed by atoms with van der Waals surface area (Å²) in [5, 5.41) is 3.33. The summed E-state index contributed by atoms with van der Waals surface area (Å²) in [5.41, 5.74) is 1.65. The van der Waals surface area contributed by atoms with Gasteiger partial charge in [0.15, 0.2) is 0 Å². The number of anilines is 1. The molecule has 118 valence electrons. The molecule has 0 heterocycles. The number of nitrogens with zero attached hydrogens (tertiary/aromatic N) is 1. The Bertz CT molecular complexity index is 435. The van der Waals surface area contributed by atoms with E-state index < -0.39 is 0 Å². The fourth-order valence-corrected chi connectivity index (χ4v) is 2.17. The van der Waals surface area contributed by atoms with Gasteiger partial charge in [0.2, 0.25) is 0 Å². The number of ether oxygens (including phenoxy) is 1. The Hall–Kier alpha value is -1.55. The molecule has 0 saturated carbocycles. The predicted molar refractivity (Wildman–Crippen MR) is 87.9 cm³/mol. The van der Waals surface area contributed by atoms with Crippen molar-refractivity contribution in [2.75, 3.05) is 32.1 Å². The van der Waals surface area contributed by atoms with Crippen LogP contribution >= 0.6 is 0 Å². The lowest BCUT2D eigenvalue weighted by atomic mass is 10.1. The Balaban J connectivity index is 2.96. The predicted octanol–water partition coefficient (Wildman–Crippen LogP) is 3.40. The first-order valence-electron chi connectivity index (χ1n) is 7.78. The van der Waals surface area contributed by atoms with Crippen LogP contribution in [0, 0.1) is 0 Å². The second-order valence-corrected chi connectivity index (χ2v) is 5.22. The van der Waals surface area contributed by atoms with Gasteiger partial charge in [-0.15, -0.1) is 0 Å². The fourth-order valence-electron chi connectivity index (χ4n) is 2.17. The van der Waals surface area contributed by atoms with Crippen LogP contribution in [0.25, 0.3) is 0 Å². The minimum atomic E-state index is 0.0700. The number of hydrogen-bond acceptors (Lipinski definition) is 3. The van der Waals surface area contributed by atoms with Crippen LogP contribution in [0.4, 0.5) is 5.69 Å². The summed E-state index contributed by atoms with van der Waals surface area (Å²) in [4.78, 5) is 14.8. The zero-order valence-corrected chi connectivity index (χ0v) is 13.7. The summed E-state index contributed by atoms with van der Waals surface area (Å²) in [6.45, 7) is 8.33. The first-order chi connectivity index (χ1) is 10.2. The van der Waals surface area contributed by atoms with Crippen LogP contribution in [-0.2, 0) is 4.74 Å². The average molecular weight is 292 g/mol. The summed E-state index contributed by atoms with van der Waals surface area (Å²) in [6.07, 6.45) is 1.96. The summed E-state index contributed by atoms with van der Waals surface area (Å²) in [7, 11) is 1.66. The lowest BCUT2D eigenvalue weighted by Gasteiger charge is -2.29. The summed E-state index contributed by atoms with van der Waals surface area (Å²) in [6, 6.07) is 7.93. The number of amides is 1. The van der Waals surface area contributed by atoms with E-state index in [1.807, 2.05) is 29.2 Å². The van der Waals surface area contributed by atoms with E-state index in [0.717, 1.165) is 30.6 Å². The van der Waals surface area contributed by atoms with Crippen LogP contribution in [0.2, 0.25) is 0 Å². The summed E-state index contributed by atoms with van der Waals surface area (Å²) >= 11 is 0. The molecule has 1 N–H and O–H groups in total. The largest absolute Gasteiger partial charge is 0.384 e. The van der Waals surface area contributed by atoms with Gasteiger partial charge in [-0.3, -0.25) is 4.79 Å². The third-order valence-electron chi connectivity index (χ3n) is 3.64. The maximum Gasteiger partial charge on any atom is 0.256 e. The number of methoxy groups -OCH3 is 1. The highest BCUT2D eigenvalue weighted by molar-refractivity contribution is 5.99. The topological polar surface area (TPSA) is 41.6 Å². The third kappa shape index (κ3) is 5.05. The molecule has 1 aromatic rings. The molecule has 0 spiro atoms. The van der Waals surface area contributed by atoms with Gasteiger partial charge in [0.05, 0.1) is 12.2 Å². The third-order valence-corrected chi connectivity index (χ3v) is 3.64. The Labute approximate surface area is 128 Å². The molecular formula is C17H28N2O2. The minimum Gasteiger partial charge on any atom is -0.384 e. The van der Waals surface area contributed by atoms with Crippen molar-refractivity contribution in [1.82, 2.24) is 4.90 Å². The maximum absolute atomic E-state index is 12.9. The van der Waals surface area contributed by atoms with E-state index in [9.17, 15) is 4.79 Å². The molecule has 21 heavy (non-hydrogen) atoms. The van der Waals surface area contributed by atoms with Crippen LogP contribution in [0.5, 0.6) is 0 Å². The number of nitrogens with one attached hydrogen (secondary N) is 1. The van der Waals surface area contributed by atoms with E-state index in [2.05, 4.69) is 26.1 Å². The fraction of sp³-hybridized carbons (Fsp3) is 0.588. The molecule has 0 bridgehead atoms. The Morgan fingerprint density at radius 3 is 2.67 bits per heavy atom. The lowest BCUT2D eigenvalue weighted by molar-refractivity contribution is 0.0615. The lowest BCUT2D eigenvalue weighted by Crippen LogP contribution is -2.40. The van der Waals surface area contributed by atoms with Gasteiger partial charge in [0, 0.05) is 31.9 Å². The highest BCUT2D eigenvalue weighted by Crippen LogP contribution is 2.19. The monoisotopic (exact) mass is 292 g/mol. The van der Waals surface area contributed by atoms with Gasteiger partial charge in [-0.2, -0.15) is 0 Å². The van der Waals surface area contributed by atoms with Crippen molar-refractivity contribution in [3.63, 3.8) is 0 Å². The normalized spacial score (nSPS) is 12.0. The number of hydrogen-bond donors (Lipinski definition) is 1. The molecule has 0 aliphatic carbocycles. The highest BCUT2D eigenvalue weighted by atomic mass is 16.5. The second-order valence-electron chi connectivity index (χ2n) is 5.22. The van der Waals surface area contributed by atoms with Gasteiger partial charge in [-0.25, -0.2) is 0 Å². The molecule has 0 fully saturated rings. The maximum atomic E-state index is 12.9. The van der Waals surface area contributed by atoms with Crippen molar-refractivity contribution in [3.8, 4) is 0 Å². The molecule has 1 aromatic carbocycles. The summed E-state index contributed by atoms with van der Waals surface area (Å²) < 4.78 is 5.14. The van der Waals surface area contributed by atoms with Crippen molar-refractivity contribution in [2.24, 2.45) is 0 Å². The molecular weight excluding hydrogens is 264 g/mol. The molecule has 1 amide bonds. The average Bonchev–Trinajstić information content (AvgIpc) is 2.52. The molecule has 1 unspecified atom stereocenters. The minimum absolute atomic E-state index is 0.0700. The standard InChI is InChI=1S/C17H28N2O2/c1-5-11-18-16-10-8-7-9-15(16)17(20)19(12-13-21-4)14(3)6-2/h7-10,14,18H,5-6,11-13H2,1-4H3. The van der Waals surface area contributed by atoms with Gasteiger partial charge < -0.3 is 15.0 Å². The van der Waals surface area contributed by atoms with E-state index in [-0.39, 0.29) is 11.9 Å². The molecule has 0 saturated heterocycles. The number of para-hydroxylation sites is 1. The molecule has 4 heteroatoms. The molecule has 0 radical (unpaired) electrons. The van der Waals surface area contributed by atoms with Crippen LogP contribution < -0.4 is 5.32 Å². The number of rotatable bonds is 9. The number of carbonyl (C=O) groups excluding carboxylic acids is 1. The zero-order valence-electron chi connectivity index (χ0n) is 13.7. The van der Waals surface area contributed by atoms with E-state index in [4.69, 9.17) is 4.74 Å². The van der Waals surface area contributed by atoms with Crippen molar-refractivity contribution < 1.29 is 9.53 Å². The van der Waals surface area contributed by atoms with Crippen molar-refractivity contribution in [3.05, 3.63) is 29.8 Å². The highest BCUT2D eigenvalue weighted by Gasteiger charge is 2.22. The number of carbonyl (C=O) groups is 1. The van der Waals surface area contributed by atoms with Crippen molar-refractivity contribution in [2.45, 2.75) is 39.7 Å². The Morgan fingerprint density at radius 1 is 1.33 bits per heavy atom. The van der Waals surface area contributed by atoms with Crippen LogP contribution in [0.3, 0.4) is 0 Å². The zero-order chi connectivity index (χ0) is 15.7. The van der Waals surface area contributed by atoms with E-state index in [1.165, 1.54) is 0 Å². The molecule has 1 atom stereocenters.